The highest BCUT2D eigenvalue weighted by Gasteiger charge is 2.31. The maximum Gasteiger partial charge on any atom is 0.275 e. The fraction of sp³-hybridized carbons (Fsp3) is 0.233. The van der Waals surface area contributed by atoms with Crippen LogP contribution in [-0.4, -0.2) is 28.2 Å². The number of nitrogens with zero attached hydrogens (tertiary/aromatic N) is 2. The molecule has 7 heteroatoms. The van der Waals surface area contributed by atoms with Crippen molar-refractivity contribution in [2.75, 3.05) is 11.9 Å². The summed E-state index contributed by atoms with van der Waals surface area (Å²) in [7, 11) is 0. The van der Waals surface area contributed by atoms with Gasteiger partial charge in [0, 0.05) is 24.0 Å². The summed E-state index contributed by atoms with van der Waals surface area (Å²) in [6, 6.07) is 23.7. The van der Waals surface area contributed by atoms with Gasteiger partial charge in [-0.25, -0.2) is 4.98 Å². The zero-order valence-corrected chi connectivity index (χ0v) is 21.8. The first kappa shape index (κ1) is 24.7. The molecule has 2 amide bonds. The summed E-state index contributed by atoms with van der Waals surface area (Å²) in [4.78, 5) is 31.8. The van der Waals surface area contributed by atoms with Gasteiger partial charge in [0.1, 0.15) is 23.1 Å². The van der Waals surface area contributed by atoms with Gasteiger partial charge >= 0.3 is 0 Å². The van der Waals surface area contributed by atoms with Crippen LogP contribution in [0.4, 0.5) is 5.69 Å². The van der Waals surface area contributed by atoms with E-state index < -0.39 is 0 Å². The van der Waals surface area contributed by atoms with Crippen molar-refractivity contribution in [1.82, 2.24) is 9.88 Å². The van der Waals surface area contributed by atoms with Gasteiger partial charge in [-0.3, -0.25) is 9.59 Å². The standard InChI is InChI=1S/C30H29N3O3S/c1-3-28(34)33-16-15-21-13-14-24(17-25(21)29(33)22-11-9-20(2)10-12-22)36-18-27-32-26(19-37-27)30(35)31-23-7-5-4-6-8-23/h4-14,17,19,29H,3,15-16,18H2,1-2H3,(H,31,35). The Labute approximate surface area is 220 Å². The number of benzene rings is 3. The zero-order chi connectivity index (χ0) is 25.8. The third-order valence-electron chi connectivity index (χ3n) is 6.54. The lowest BCUT2D eigenvalue weighted by atomic mass is 9.87. The Bertz CT molecular complexity index is 1400. The van der Waals surface area contributed by atoms with Crippen molar-refractivity contribution in [1.29, 1.82) is 0 Å². The molecule has 3 aromatic carbocycles. The Balaban J connectivity index is 1.33. The fourth-order valence-electron chi connectivity index (χ4n) is 4.61. The average molecular weight is 512 g/mol. The van der Waals surface area contributed by atoms with Crippen LogP contribution in [0.15, 0.2) is 78.2 Å². The summed E-state index contributed by atoms with van der Waals surface area (Å²) in [6.07, 6.45) is 1.29. The number of hydrogen-bond acceptors (Lipinski definition) is 5. The molecule has 0 saturated carbocycles. The molecule has 5 rings (SSSR count). The minimum absolute atomic E-state index is 0.145. The summed E-state index contributed by atoms with van der Waals surface area (Å²) in [5.74, 6) is 0.614. The molecule has 0 spiro atoms. The highest BCUT2D eigenvalue weighted by Crippen LogP contribution is 2.37. The topological polar surface area (TPSA) is 71.5 Å². The molecule has 2 heterocycles. The molecule has 1 aromatic heterocycles. The lowest BCUT2D eigenvalue weighted by molar-refractivity contribution is -0.132. The SMILES string of the molecule is CCC(=O)N1CCc2ccc(OCc3nc(C(=O)Nc4ccccc4)cs3)cc2C1c1ccc(C)cc1. The third-order valence-corrected chi connectivity index (χ3v) is 7.36. The molecule has 37 heavy (non-hydrogen) atoms. The van der Waals surface area contributed by atoms with Crippen LogP contribution in [0.1, 0.15) is 57.1 Å². The quantitative estimate of drug-likeness (QED) is 0.322. The van der Waals surface area contributed by atoms with E-state index >= 15 is 0 Å². The van der Waals surface area contributed by atoms with Crippen LogP contribution in [0, 0.1) is 6.92 Å². The summed E-state index contributed by atoms with van der Waals surface area (Å²) < 4.78 is 6.11. The molecule has 6 nitrogen and oxygen atoms in total. The number of para-hydroxylation sites is 1. The monoisotopic (exact) mass is 511 g/mol. The molecule has 0 saturated heterocycles. The van der Waals surface area contributed by atoms with E-state index in [9.17, 15) is 9.59 Å². The van der Waals surface area contributed by atoms with Gasteiger partial charge < -0.3 is 15.0 Å². The van der Waals surface area contributed by atoms with Gasteiger partial charge in [-0.1, -0.05) is 61.0 Å². The number of carbonyl (C=O) groups excluding carboxylic acids is 2. The maximum absolute atomic E-state index is 12.9. The van der Waals surface area contributed by atoms with Crippen molar-refractivity contribution in [3.63, 3.8) is 0 Å². The van der Waals surface area contributed by atoms with Crippen molar-refractivity contribution in [2.24, 2.45) is 0 Å². The van der Waals surface area contributed by atoms with Crippen LogP contribution >= 0.6 is 11.3 Å². The van der Waals surface area contributed by atoms with E-state index in [-0.39, 0.29) is 24.5 Å². The maximum atomic E-state index is 12.9. The predicted octanol–water partition coefficient (Wildman–Crippen LogP) is 6.17. The first-order valence-corrected chi connectivity index (χ1v) is 13.3. The van der Waals surface area contributed by atoms with E-state index in [0.717, 1.165) is 23.2 Å². The third kappa shape index (κ3) is 5.57. The molecular weight excluding hydrogens is 482 g/mol. The number of rotatable bonds is 7. The lowest BCUT2D eigenvalue weighted by Gasteiger charge is -2.38. The molecule has 0 fully saturated rings. The molecule has 188 valence electrons. The van der Waals surface area contributed by atoms with E-state index in [1.807, 2.05) is 54.3 Å². The number of hydrogen-bond donors (Lipinski definition) is 1. The van der Waals surface area contributed by atoms with Crippen LogP contribution in [0.25, 0.3) is 0 Å². The fourth-order valence-corrected chi connectivity index (χ4v) is 5.29. The van der Waals surface area contributed by atoms with Gasteiger partial charge in [0.25, 0.3) is 5.91 Å². The van der Waals surface area contributed by atoms with Gasteiger partial charge in [0.2, 0.25) is 5.91 Å². The molecule has 0 aliphatic carbocycles. The number of amides is 2. The van der Waals surface area contributed by atoms with Crippen LogP contribution < -0.4 is 10.1 Å². The number of ether oxygens (including phenoxy) is 1. The van der Waals surface area contributed by atoms with Gasteiger partial charge in [-0.2, -0.15) is 0 Å². The number of aromatic nitrogens is 1. The molecule has 1 atom stereocenters. The second-order valence-corrected chi connectivity index (χ2v) is 10.0. The summed E-state index contributed by atoms with van der Waals surface area (Å²) in [5.41, 5.74) is 5.70. The number of carbonyl (C=O) groups is 2. The Morgan fingerprint density at radius 2 is 1.86 bits per heavy atom. The molecule has 0 bridgehead atoms. The Kier molecular flexibility index (Phi) is 7.32. The average Bonchev–Trinajstić information content (AvgIpc) is 3.41. The first-order chi connectivity index (χ1) is 18.0. The zero-order valence-electron chi connectivity index (χ0n) is 20.9. The van der Waals surface area contributed by atoms with Gasteiger partial charge in [0.05, 0.1) is 6.04 Å². The van der Waals surface area contributed by atoms with Crippen LogP contribution in [0.2, 0.25) is 0 Å². The predicted molar refractivity (Wildman–Crippen MR) is 146 cm³/mol. The van der Waals surface area contributed by atoms with E-state index in [4.69, 9.17) is 4.74 Å². The highest BCUT2D eigenvalue weighted by molar-refractivity contribution is 7.09. The van der Waals surface area contributed by atoms with Gasteiger partial charge in [0.15, 0.2) is 0 Å². The van der Waals surface area contributed by atoms with Crippen molar-refractivity contribution >= 4 is 28.8 Å². The summed E-state index contributed by atoms with van der Waals surface area (Å²) in [5, 5.41) is 5.31. The van der Waals surface area contributed by atoms with Gasteiger partial charge in [-0.05, 0) is 54.3 Å². The second-order valence-electron chi connectivity index (χ2n) is 9.10. The number of fused-ring (bicyclic) bond motifs is 1. The van der Waals surface area contributed by atoms with Crippen LogP contribution in [-0.2, 0) is 17.8 Å². The first-order valence-electron chi connectivity index (χ1n) is 12.4. The van der Waals surface area contributed by atoms with Gasteiger partial charge in [-0.15, -0.1) is 11.3 Å². The van der Waals surface area contributed by atoms with E-state index in [1.54, 1.807) is 5.38 Å². The number of aryl methyl sites for hydroxylation is 1. The lowest BCUT2D eigenvalue weighted by Crippen LogP contribution is -2.40. The molecular formula is C30H29N3O3S. The van der Waals surface area contributed by atoms with E-state index in [1.165, 1.54) is 22.5 Å². The molecule has 4 aromatic rings. The second kappa shape index (κ2) is 11.0. The molecule has 0 radical (unpaired) electrons. The van der Waals surface area contributed by atoms with Crippen molar-refractivity contribution in [2.45, 2.75) is 39.3 Å². The Morgan fingerprint density at radius 3 is 2.62 bits per heavy atom. The highest BCUT2D eigenvalue weighted by atomic mass is 32.1. The van der Waals surface area contributed by atoms with Crippen LogP contribution in [0.3, 0.4) is 0 Å². The smallest absolute Gasteiger partial charge is 0.275 e. The van der Waals surface area contributed by atoms with E-state index in [0.29, 0.717) is 29.4 Å². The minimum atomic E-state index is -0.246. The molecule has 1 aliphatic heterocycles. The Hall–Kier alpha value is -3.97. The van der Waals surface area contributed by atoms with Crippen molar-refractivity contribution in [3.05, 3.63) is 111 Å². The Morgan fingerprint density at radius 1 is 1.08 bits per heavy atom. The largest absolute Gasteiger partial charge is 0.486 e. The molecule has 1 unspecified atom stereocenters. The minimum Gasteiger partial charge on any atom is -0.486 e. The molecule has 1 aliphatic rings. The van der Waals surface area contributed by atoms with Crippen LogP contribution in [0.5, 0.6) is 5.75 Å². The van der Waals surface area contributed by atoms with Crippen molar-refractivity contribution in [3.8, 4) is 5.75 Å². The number of thiazole rings is 1. The van der Waals surface area contributed by atoms with Crippen molar-refractivity contribution < 1.29 is 14.3 Å². The summed E-state index contributed by atoms with van der Waals surface area (Å²) >= 11 is 1.39. The molecule has 1 N–H and O–H groups in total. The number of nitrogens with one attached hydrogen (secondary N) is 1. The van der Waals surface area contributed by atoms with E-state index in [2.05, 4.69) is 47.6 Å². The normalized spacial score (nSPS) is 14.6. The summed E-state index contributed by atoms with van der Waals surface area (Å²) in [6.45, 7) is 4.93. The number of anilines is 1.